The van der Waals surface area contributed by atoms with Gasteiger partial charge in [-0.3, -0.25) is 14.5 Å². The first-order valence-electron chi connectivity index (χ1n) is 7.26. The molecule has 0 aliphatic carbocycles. The third kappa shape index (κ3) is 2.61. The molecule has 108 valence electrons. The summed E-state index contributed by atoms with van der Waals surface area (Å²) in [5.74, 6) is 0.195. The predicted octanol–water partition coefficient (Wildman–Crippen LogP) is 0.598. The second-order valence-corrected chi connectivity index (χ2v) is 6.02. The van der Waals surface area contributed by atoms with Crippen molar-refractivity contribution in [1.29, 1.82) is 0 Å². The third-order valence-corrected chi connectivity index (χ3v) is 4.46. The summed E-state index contributed by atoms with van der Waals surface area (Å²) < 4.78 is 0. The van der Waals surface area contributed by atoms with Crippen molar-refractivity contribution in [2.45, 2.75) is 51.1 Å². The van der Waals surface area contributed by atoms with Gasteiger partial charge in [-0.1, -0.05) is 0 Å². The first-order chi connectivity index (χ1) is 8.98. The zero-order valence-electron chi connectivity index (χ0n) is 12.2. The molecule has 0 aromatic heterocycles. The van der Waals surface area contributed by atoms with Gasteiger partial charge >= 0.3 is 0 Å². The molecule has 0 bridgehead atoms. The molecule has 1 N–H and O–H groups in total. The standard InChI is InChI=1S/C14H25N3O2/c1-14(2,13(19)15-3)17-10-6-7-11(17)12(18)16-8-4-5-9-16/h11H,4-10H2,1-3H3,(H,15,19)/t11-/m0/s1. The van der Waals surface area contributed by atoms with E-state index in [1.165, 1.54) is 0 Å². The molecule has 0 spiro atoms. The Morgan fingerprint density at radius 2 is 1.74 bits per heavy atom. The van der Waals surface area contributed by atoms with E-state index in [0.29, 0.717) is 0 Å². The highest BCUT2D eigenvalue weighted by atomic mass is 16.2. The summed E-state index contributed by atoms with van der Waals surface area (Å²) in [4.78, 5) is 28.6. The fraction of sp³-hybridized carbons (Fsp3) is 0.857. The summed E-state index contributed by atoms with van der Waals surface area (Å²) >= 11 is 0. The highest BCUT2D eigenvalue weighted by molar-refractivity contribution is 5.88. The second-order valence-electron chi connectivity index (χ2n) is 6.02. The quantitative estimate of drug-likeness (QED) is 0.814. The molecule has 2 aliphatic heterocycles. The van der Waals surface area contributed by atoms with Gasteiger partial charge in [0.2, 0.25) is 11.8 Å². The van der Waals surface area contributed by atoms with Crippen LogP contribution in [-0.4, -0.2) is 59.9 Å². The van der Waals surface area contributed by atoms with Gasteiger partial charge in [0, 0.05) is 26.7 Å². The second kappa shape index (κ2) is 5.49. The Morgan fingerprint density at radius 3 is 2.32 bits per heavy atom. The average Bonchev–Trinajstić information content (AvgIpc) is 3.07. The molecule has 2 rings (SSSR count). The number of nitrogens with zero attached hydrogens (tertiary/aromatic N) is 2. The van der Waals surface area contributed by atoms with Gasteiger partial charge in [-0.2, -0.15) is 0 Å². The number of nitrogens with one attached hydrogen (secondary N) is 1. The normalized spacial score (nSPS) is 24.8. The Labute approximate surface area is 115 Å². The first kappa shape index (κ1) is 14.3. The number of carbonyl (C=O) groups excluding carboxylic acids is 2. The van der Waals surface area contributed by atoms with Crippen molar-refractivity contribution in [3.8, 4) is 0 Å². The number of amides is 2. The van der Waals surface area contributed by atoms with E-state index in [9.17, 15) is 9.59 Å². The molecular formula is C14H25N3O2. The number of likely N-dealkylation sites (tertiary alicyclic amines) is 2. The summed E-state index contributed by atoms with van der Waals surface area (Å²) in [6.07, 6.45) is 4.08. The molecule has 5 nitrogen and oxygen atoms in total. The molecule has 0 radical (unpaired) electrons. The molecule has 1 atom stereocenters. The summed E-state index contributed by atoms with van der Waals surface area (Å²) in [6.45, 7) is 6.39. The van der Waals surface area contributed by atoms with E-state index in [0.717, 1.165) is 45.3 Å². The Bertz CT molecular complexity index is 362. The monoisotopic (exact) mass is 267 g/mol. The van der Waals surface area contributed by atoms with Gasteiger partial charge in [-0.05, 0) is 39.5 Å². The summed E-state index contributed by atoms with van der Waals surface area (Å²) in [5.41, 5.74) is -0.620. The maximum absolute atomic E-state index is 12.6. The minimum absolute atomic E-state index is 0.0198. The third-order valence-electron chi connectivity index (χ3n) is 4.46. The highest BCUT2D eigenvalue weighted by Gasteiger charge is 2.44. The smallest absolute Gasteiger partial charge is 0.239 e. The van der Waals surface area contributed by atoms with Gasteiger partial charge in [0.1, 0.15) is 0 Å². The van der Waals surface area contributed by atoms with Gasteiger partial charge in [0.15, 0.2) is 0 Å². The minimum Gasteiger partial charge on any atom is -0.358 e. The zero-order valence-corrected chi connectivity index (χ0v) is 12.2. The molecule has 2 aliphatic rings. The Balaban J connectivity index is 2.12. The van der Waals surface area contributed by atoms with Crippen LogP contribution in [0.5, 0.6) is 0 Å². The summed E-state index contributed by atoms with van der Waals surface area (Å²) in [7, 11) is 1.65. The fourth-order valence-electron chi connectivity index (χ4n) is 3.28. The SMILES string of the molecule is CNC(=O)C(C)(C)N1CCC[C@H]1C(=O)N1CCCC1. The molecule has 2 heterocycles. The Kier molecular flexibility index (Phi) is 4.13. The lowest BCUT2D eigenvalue weighted by atomic mass is 10.00. The first-order valence-corrected chi connectivity index (χ1v) is 7.26. The van der Waals surface area contributed by atoms with Crippen LogP contribution < -0.4 is 5.32 Å². The zero-order chi connectivity index (χ0) is 14.0. The van der Waals surface area contributed by atoms with E-state index in [-0.39, 0.29) is 17.9 Å². The number of likely N-dealkylation sites (N-methyl/N-ethyl adjacent to an activating group) is 1. The van der Waals surface area contributed by atoms with E-state index in [2.05, 4.69) is 10.2 Å². The van der Waals surface area contributed by atoms with Crippen LogP contribution in [-0.2, 0) is 9.59 Å². The summed E-state index contributed by atoms with van der Waals surface area (Å²) in [5, 5.41) is 2.71. The largest absolute Gasteiger partial charge is 0.358 e. The van der Waals surface area contributed by atoms with Crippen LogP contribution in [0.2, 0.25) is 0 Å². The van der Waals surface area contributed by atoms with Crippen LogP contribution in [0.3, 0.4) is 0 Å². The molecule has 2 amide bonds. The van der Waals surface area contributed by atoms with Crippen LogP contribution in [0, 0.1) is 0 Å². The van der Waals surface area contributed by atoms with Gasteiger partial charge in [-0.25, -0.2) is 0 Å². The van der Waals surface area contributed by atoms with Gasteiger partial charge in [0.05, 0.1) is 11.6 Å². The van der Waals surface area contributed by atoms with Crippen LogP contribution in [0.1, 0.15) is 39.5 Å². The molecular weight excluding hydrogens is 242 g/mol. The maximum Gasteiger partial charge on any atom is 0.239 e. The van der Waals surface area contributed by atoms with Crippen molar-refractivity contribution < 1.29 is 9.59 Å². The number of carbonyl (C=O) groups is 2. The molecule has 2 saturated heterocycles. The Morgan fingerprint density at radius 1 is 1.11 bits per heavy atom. The highest BCUT2D eigenvalue weighted by Crippen LogP contribution is 2.29. The lowest BCUT2D eigenvalue weighted by Crippen LogP contribution is -2.59. The molecule has 0 unspecified atom stereocenters. The Hall–Kier alpha value is -1.10. The van der Waals surface area contributed by atoms with E-state index >= 15 is 0 Å². The van der Waals surface area contributed by atoms with Gasteiger partial charge in [0.25, 0.3) is 0 Å². The van der Waals surface area contributed by atoms with Gasteiger partial charge in [-0.15, -0.1) is 0 Å². The van der Waals surface area contributed by atoms with Crippen molar-refractivity contribution in [2.75, 3.05) is 26.7 Å². The fourth-order valence-corrected chi connectivity index (χ4v) is 3.28. The van der Waals surface area contributed by atoms with Gasteiger partial charge < -0.3 is 10.2 Å². The van der Waals surface area contributed by atoms with E-state index in [4.69, 9.17) is 0 Å². The molecule has 0 aromatic carbocycles. The number of hydrogen-bond acceptors (Lipinski definition) is 3. The number of rotatable bonds is 3. The van der Waals surface area contributed by atoms with Crippen molar-refractivity contribution in [1.82, 2.24) is 15.1 Å². The van der Waals surface area contributed by atoms with Crippen LogP contribution in [0.15, 0.2) is 0 Å². The maximum atomic E-state index is 12.6. The lowest BCUT2D eigenvalue weighted by molar-refractivity contribution is -0.141. The average molecular weight is 267 g/mol. The van der Waals surface area contributed by atoms with Crippen LogP contribution in [0.4, 0.5) is 0 Å². The molecule has 0 saturated carbocycles. The van der Waals surface area contributed by atoms with Crippen molar-refractivity contribution in [3.63, 3.8) is 0 Å². The van der Waals surface area contributed by atoms with E-state index < -0.39 is 5.54 Å². The number of hydrogen-bond donors (Lipinski definition) is 1. The topological polar surface area (TPSA) is 52.7 Å². The molecule has 2 fully saturated rings. The van der Waals surface area contributed by atoms with Crippen LogP contribution >= 0.6 is 0 Å². The molecule has 5 heteroatoms. The predicted molar refractivity (Wildman–Crippen MR) is 73.7 cm³/mol. The molecule has 19 heavy (non-hydrogen) atoms. The van der Waals surface area contributed by atoms with E-state index in [1.54, 1.807) is 7.05 Å². The minimum atomic E-state index is -0.620. The molecule has 0 aromatic rings. The summed E-state index contributed by atoms with van der Waals surface area (Å²) in [6, 6.07) is -0.120. The van der Waals surface area contributed by atoms with Crippen molar-refractivity contribution in [2.24, 2.45) is 0 Å². The van der Waals surface area contributed by atoms with E-state index in [1.807, 2.05) is 18.7 Å². The van der Waals surface area contributed by atoms with Crippen molar-refractivity contribution >= 4 is 11.8 Å². The van der Waals surface area contributed by atoms with Crippen molar-refractivity contribution in [3.05, 3.63) is 0 Å². The lowest BCUT2D eigenvalue weighted by Gasteiger charge is -2.38. The van der Waals surface area contributed by atoms with Crippen LogP contribution in [0.25, 0.3) is 0 Å².